The Kier molecular flexibility index (Phi) is 7.11. The summed E-state index contributed by atoms with van der Waals surface area (Å²) < 4.78 is 42.7. The lowest BCUT2D eigenvalue weighted by molar-refractivity contribution is -0.142. The standard InChI is InChI=1S/C27H24Cl2F3N5O/c1-16-6-7-18(12-17(16)2)22-13-24(27(30,31)32)37-25(33-22)14-23(34-37)26(38)36-10-8-35(9-11-36)15-19-20(28)4-3-5-21(19)29/h3-7,12-14H,8-11,15H2,1-2H3. The molecular weight excluding hydrogens is 538 g/mol. The van der Waals surface area contributed by atoms with Crippen LogP contribution in [0, 0.1) is 13.8 Å². The van der Waals surface area contributed by atoms with E-state index in [0.29, 0.717) is 52.8 Å². The van der Waals surface area contributed by atoms with Crippen molar-refractivity contribution in [3.63, 3.8) is 0 Å². The number of nitrogens with zero attached hydrogens (tertiary/aromatic N) is 5. The number of hydrogen-bond donors (Lipinski definition) is 0. The largest absolute Gasteiger partial charge is 0.433 e. The molecule has 1 aliphatic heterocycles. The summed E-state index contributed by atoms with van der Waals surface area (Å²) in [7, 11) is 0. The summed E-state index contributed by atoms with van der Waals surface area (Å²) in [6.45, 7) is 6.25. The molecule has 0 spiro atoms. The molecule has 0 radical (unpaired) electrons. The molecule has 198 valence electrons. The number of amides is 1. The first-order valence-electron chi connectivity index (χ1n) is 12.0. The quantitative estimate of drug-likeness (QED) is 0.293. The molecule has 1 amide bonds. The molecule has 0 unspecified atom stereocenters. The summed E-state index contributed by atoms with van der Waals surface area (Å²) in [6, 6.07) is 13.0. The maximum Gasteiger partial charge on any atom is 0.433 e. The number of rotatable bonds is 4. The van der Waals surface area contributed by atoms with Gasteiger partial charge in [0.15, 0.2) is 17.0 Å². The molecule has 5 rings (SSSR count). The van der Waals surface area contributed by atoms with Gasteiger partial charge < -0.3 is 4.90 Å². The molecule has 4 aromatic rings. The van der Waals surface area contributed by atoms with Gasteiger partial charge in [-0.2, -0.15) is 18.3 Å². The first-order valence-corrected chi connectivity index (χ1v) is 12.8. The summed E-state index contributed by atoms with van der Waals surface area (Å²) in [5.74, 6) is -0.438. The van der Waals surface area contributed by atoms with Crippen molar-refractivity contribution < 1.29 is 18.0 Å². The molecule has 1 saturated heterocycles. The lowest BCUT2D eigenvalue weighted by atomic mass is 10.0. The van der Waals surface area contributed by atoms with Crippen LogP contribution in [0.4, 0.5) is 13.2 Å². The third kappa shape index (κ3) is 5.23. The SMILES string of the molecule is Cc1ccc(-c2cc(C(F)(F)F)n3nc(C(=O)N4CCN(Cc5c(Cl)cccc5Cl)CC4)cc3n2)cc1C. The maximum absolute atomic E-state index is 14.0. The number of aryl methyl sites for hydroxylation is 2. The monoisotopic (exact) mass is 561 g/mol. The Morgan fingerprint density at radius 2 is 1.63 bits per heavy atom. The minimum atomic E-state index is -4.69. The molecule has 1 fully saturated rings. The number of aromatic nitrogens is 3. The lowest BCUT2D eigenvalue weighted by Gasteiger charge is -2.34. The Morgan fingerprint density at radius 1 is 0.947 bits per heavy atom. The molecule has 0 atom stereocenters. The van der Waals surface area contributed by atoms with E-state index in [1.54, 1.807) is 35.2 Å². The second-order valence-corrected chi connectivity index (χ2v) is 10.2. The van der Waals surface area contributed by atoms with Crippen molar-refractivity contribution >= 4 is 34.8 Å². The Hall–Kier alpha value is -3.14. The molecule has 38 heavy (non-hydrogen) atoms. The van der Waals surface area contributed by atoms with E-state index in [9.17, 15) is 18.0 Å². The van der Waals surface area contributed by atoms with Crippen molar-refractivity contribution in [3.05, 3.63) is 86.7 Å². The van der Waals surface area contributed by atoms with Gasteiger partial charge in [0.2, 0.25) is 0 Å². The van der Waals surface area contributed by atoms with Crippen molar-refractivity contribution in [3.8, 4) is 11.3 Å². The molecule has 1 aliphatic rings. The van der Waals surface area contributed by atoms with Crippen LogP contribution < -0.4 is 0 Å². The van der Waals surface area contributed by atoms with Crippen molar-refractivity contribution in [1.82, 2.24) is 24.4 Å². The lowest BCUT2D eigenvalue weighted by Crippen LogP contribution is -2.48. The van der Waals surface area contributed by atoms with Crippen molar-refractivity contribution in [2.75, 3.05) is 26.2 Å². The number of carbonyl (C=O) groups is 1. The Labute approximate surface area is 227 Å². The van der Waals surface area contributed by atoms with Crippen LogP contribution in [0.2, 0.25) is 10.0 Å². The van der Waals surface area contributed by atoms with Gasteiger partial charge in [-0.3, -0.25) is 9.69 Å². The summed E-state index contributed by atoms with van der Waals surface area (Å²) in [5.41, 5.74) is 2.41. The third-order valence-corrected chi connectivity index (χ3v) is 7.55. The van der Waals surface area contributed by atoms with Crippen LogP contribution in [0.25, 0.3) is 16.9 Å². The number of carbonyl (C=O) groups excluding carboxylic acids is 1. The zero-order valence-electron chi connectivity index (χ0n) is 20.7. The Balaban J connectivity index is 1.39. The molecule has 3 heterocycles. The van der Waals surface area contributed by atoms with E-state index in [1.807, 2.05) is 19.9 Å². The van der Waals surface area contributed by atoms with Crippen molar-refractivity contribution in [1.29, 1.82) is 0 Å². The average molecular weight is 562 g/mol. The second-order valence-electron chi connectivity index (χ2n) is 9.39. The van der Waals surface area contributed by atoms with Crippen molar-refractivity contribution in [2.24, 2.45) is 0 Å². The Morgan fingerprint density at radius 3 is 2.26 bits per heavy atom. The normalized spacial score (nSPS) is 14.9. The minimum absolute atomic E-state index is 0.0385. The van der Waals surface area contributed by atoms with Gasteiger partial charge in [-0.15, -0.1) is 0 Å². The van der Waals surface area contributed by atoms with E-state index in [-0.39, 0.29) is 17.0 Å². The van der Waals surface area contributed by atoms with Gasteiger partial charge in [-0.05, 0) is 49.2 Å². The van der Waals surface area contributed by atoms with Crippen LogP contribution in [0.3, 0.4) is 0 Å². The van der Waals surface area contributed by atoms with Gasteiger partial charge in [-0.1, -0.05) is 41.4 Å². The molecule has 0 bridgehead atoms. The van der Waals surface area contributed by atoms with E-state index >= 15 is 0 Å². The van der Waals surface area contributed by atoms with E-state index in [4.69, 9.17) is 23.2 Å². The van der Waals surface area contributed by atoms with Crippen molar-refractivity contribution in [2.45, 2.75) is 26.6 Å². The number of piperazine rings is 1. The zero-order chi connectivity index (χ0) is 27.2. The molecule has 2 aromatic carbocycles. The van der Waals surface area contributed by atoms with Gasteiger partial charge in [0.1, 0.15) is 0 Å². The van der Waals surface area contributed by atoms with Crippen LogP contribution in [0.15, 0.2) is 48.5 Å². The molecular formula is C27H24Cl2F3N5O. The van der Waals surface area contributed by atoms with Crippen LogP contribution >= 0.6 is 23.2 Å². The highest BCUT2D eigenvalue weighted by atomic mass is 35.5. The molecule has 6 nitrogen and oxygen atoms in total. The fraction of sp³-hybridized carbons (Fsp3) is 0.296. The minimum Gasteiger partial charge on any atom is -0.335 e. The first kappa shape index (κ1) is 26.5. The van der Waals surface area contributed by atoms with Gasteiger partial charge in [-0.25, -0.2) is 9.50 Å². The maximum atomic E-state index is 14.0. The smallest absolute Gasteiger partial charge is 0.335 e. The Bertz CT molecular complexity index is 1510. The molecule has 2 aromatic heterocycles. The van der Waals surface area contributed by atoms with Gasteiger partial charge in [0, 0.05) is 60.0 Å². The number of halogens is 5. The summed E-state index contributed by atoms with van der Waals surface area (Å²) in [5, 5.41) is 5.18. The number of benzene rings is 2. The van der Waals surface area contributed by atoms with Crippen LogP contribution in [-0.4, -0.2) is 56.5 Å². The number of hydrogen-bond acceptors (Lipinski definition) is 4. The predicted octanol–water partition coefficient (Wildman–Crippen LogP) is 6.30. The van der Waals surface area contributed by atoms with E-state index in [2.05, 4.69) is 15.0 Å². The van der Waals surface area contributed by atoms with E-state index < -0.39 is 17.8 Å². The van der Waals surface area contributed by atoms with Gasteiger partial charge in [0.05, 0.1) is 5.69 Å². The first-order chi connectivity index (χ1) is 18.0. The topological polar surface area (TPSA) is 53.7 Å². The fourth-order valence-corrected chi connectivity index (χ4v) is 5.02. The summed E-state index contributed by atoms with van der Waals surface area (Å²) in [4.78, 5) is 21.3. The zero-order valence-corrected chi connectivity index (χ0v) is 22.2. The highest BCUT2D eigenvalue weighted by molar-refractivity contribution is 6.35. The number of fused-ring (bicyclic) bond motifs is 1. The van der Waals surface area contributed by atoms with Crippen LogP contribution in [-0.2, 0) is 12.7 Å². The second kappa shape index (κ2) is 10.2. The number of alkyl halides is 3. The van der Waals surface area contributed by atoms with Gasteiger partial charge in [0.25, 0.3) is 5.91 Å². The average Bonchev–Trinajstić information content (AvgIpc) is 3.31. The third-order valence-electron chi connectivity index (χ3n) is 6.84. The molecule has 0 aliphatic carbocycles. The van der Waals surface area contributed by atoms with E-state index in [1.165, 1.54) is 6.07 Å². The highest BCUT2D eigenvalue weighted by Gasteiger charge is 2.36. The van der Waals surface area contributed by atoms with Crippen LogP contribution in [0.5, 0.6) is 0 Å². The molecule has 11 heteroatoms. The molecule has 0 saturated carbocycles. The predicted molar refractivity (Wildman–Crippen MR) is 141 cm³/mol. The van der Waals surface area contributed by atoms with E-state index in [0.717, 1.165) is 22.8 Å². The molecule has 0 N–H and O–H groups in total. The fourth-order valence-electron chi connectivity index (χ4n) is 4.51. The van der Waals surface area contributed by atoms with Gasteiger partial charge >= 0.3 is 6.18 Å². The summed E-state index contributed by atoms with van der Waals surface area (Å²) in [6.07, 6.45) is -4.69. The highest BCUT2D eigenvalue weighted by Crippen LogP contribution is 2.33. The summed E-state index contributed by atoms with van der Waals surface area (Å²) >= 11 is 12.6. The van der Waals surface area contributed by atoms with Crippen LogP contribution in [0.1, 0.15) is 32.9 Å².